The minimum absolute atomic E-state index is 0.0170. The summed E-state index contributed by atoms with van der Waals surface area (Å²) in [6, 6.07) is 19.1. The monoisotopic (exact) mass is 1400 g/mol. The Morgan fingerprint density at radius 3 is 1.48 bits per heavy atom. The van der Waals surface area contributed by atoms with Crippen LogP contribution < -0.4 is 47.3 Å². The first kappa shape index (κ1) is 76.4. The molecule has 1 aliphatic rings. The second-order valence-corrected chi connectivity index (χ2v) is 22.9. The average molecular weight is 1410 g/mol. The van der Waals surface area contributed by atoms with Gasteiger partial charge in [0.25, 0.3) is 29.5 Å². The number of carbonyl (C=O) groups is 8. The molecule has 1 aliphatic carbocycles. The fourth-order valence-electron chi connectivity index (χ4n) is 9.86. The van der Waals surface area contributed by atoms with Crippen molar-refractivity contribution in [3.05, 3.63) is 138 Å². The van der Waals surface area contributed by atoms with Gasteiger partial charge in [-0.1, -0.05) is 30.3 Å². The summed E-state index contributed by atoms with van der Waals surface area (Å²) in [5, 5.41) is 21.9. The van der Waals surface area contributed by atoms with Crippen molar-refractivity contribution < 1.29 is 85.7 Å². The zero-order valence-electron chi connectivity index (χ0n) is 57.2. The van der Waals surface area contributed by atoms with Crippen LogP contribution >= 0.6 is 0 Å². The van der Waals surface area contributed by atoms with E-state index in [0.29, 0.717) is 141 Å². The van der Waals surface area contributed by atoms with Crippen molar-refractivity contribution in [3.8, 4) is 5.75 Å². The molecule has 0 bridgehead atoms. The van der Waals surface area contributed by atoms with Crippen LogP contribution in [0.1, 0.15) is 77.7 Å². The fraction of sp³-hybridized carbons (Fsp3) is 0.448. The number of aromatic nitrogens is 8. The minimum Gasteiger partial charge on any atom is -0.491 e. The summed E-state index contributed by atoms with van der Waals surface area (Å²) < 4.78 is 62.9. The van der Waals surface area contributed by atoms with E-state index in [0.717, 1.165) is 5.56 Å². The van der Waals surface area contributed by atoms with Gasteiger partial charge in [-0.25, -0.2) is 19.7 Å². The summed E-state index contributed by atoms with van der Waals surface area (Å²) in [6.07, 6.45) is 9.36. The first-order valence-electron chi connectivity index (χ1n) is 32.8. The molecule has 8 amide bonds. The van der Waals surface area contributed by atoms with Crippen LogP contribution in [0, 0.1) is 5.92 Å². The van der Waals surface area contributed by atoms with Crippen LogP contribution in [0.4, 0.5) is 33.5 Å². The Bertz CT molecular complexity index is 3800. The van der Waals surface area contributed by atoms with E-state index in [9.17, 15) is 38.4 Å². The number of imidazole rings is 3. The minimum atomic E-state index is -0.608. The van der Waals surface area contributed by atoms with Crippen molar-refractivity contribution in [2.45, 2.75) is 31.9 Å². The van der Waals surface area contributed by atoms with Gasteiger partial charge in [0, 0.05) is 110 Å². The summed E-state index contributed by atoms with van der Waals surface area (Å²) >= 11 is 0. The molecular weight excluding hydrogens is 1320 g/mol. The van der Waals surface area contributed by atoms with E-state index in [-0.39, 0.29) is 85.2 Å². The smallest absolute Gasteiger partial charge is 0.411 e. The van der Waals surface area contributed by atoms with Crippen molar-refractivity contribution in [1.29, 1.82) is 0 Å². The average Bonchev–Trinajstić information content (AvgIpc) is 1.76. The number of ether oxygens (including phenoxy) is 10. The molecule has 5 heterocycles. The molecule has 34 heteroatoms. The van der Waals surface area contributed by atoms with Crippen molar-refractivity contribution in [2.24, 2.45) is 41.2 Å². The van der Waals surface area contributed by atoms with Crippen LogP contribution in [0.3, 0.4) is 0 Å². The lowest BCUT2D eigenvalue weighted by molar-refractivity contribution is -0.123. The number of hydrogen-bond donors (Lipinski definition) is 8. The Kier molecular flexibility index (Phi) is 30.8. The zero-order chi connectivity index (χ0) is 71.7. The van der Waals surface area contributed by atoms with Crippen LogP contribution in [0.2, 0.25) is 0 Å². The van der Waals surface area contributed by atoms with Crippen molar-refractivity contribution in [1.82, 2.24) is 53.7 Å². The van der Waals surface area contributed by atoms with Crippen LogP contribution in [0.15, 0.2) is 104 Å². The molecule has 2 aromatic carbocycles. The third kappa shape index (κ3) is 25.7. The Balaban J connectivity index is 0.564. The van der Waals surface area contributed by atoms with E-state index >= 15 is 0 Å². The quantitative estimate of drug-likeness (QED) is 0.0252. The van der Waals surface area contributed by atoms with Crippen molar-refractivity contribution in [2.75, 3.05) is 152 Å². The Hall–Kier alpha value is -10.3. The molecule has 1 fully saturated rings. The summed E-state index contributed by atoms with van der Waals surface area (Å²) in [5.41, 5.74) is 2.71. The highest BCUT2D eigenvalue weighted by atomic mass is 16.6. The van der Waals surface area contributed by atoms with Gasteiger partial charge in [0.1, 0.15) is 30.4 Å². The lowest BCUT2D eigenvalue weighted by Gasteiger charge is -2.34. The Labute approximate surface area is 582 Å². The number of nitrogens with one attached hydrogen (secondary N) is 8. The molecule has 101 heavy (non-hydrogen) atoms. The van der Waals surface area contributed by atoms with Crippen LogP contribution in [0.5, 0.6) is 5.75 Å². The lowest BCUT2D eigenvalue weighted by atomic mass is 9.79. The molecule has 1 saturated carbocycles. The number of anilines is 5. The van der Waals surface area contributed by atoms with E-state index in [1.54, 1.807) is 87.2 Å². The number of rotatable bonds is 45. The predicted octanol–water partition coefficient (Wildman–Crippen LogP) is 3.66. The molecule has 0 unspecified atom stereocenters. The molecular formula is C67H88N16O18. The second-order valence-electron chi connectivity index (χ2n) is 22.9. The highest BCUT2D eigenvalue weighted by Crippen LogP contribution is 2.29. The number of nitrogens with zero attached hydrogens (tertiary/aromatic N) is 8. The van der Waals surface area contributed by atoms with Crippen molar-refractivity contribution >= 4 is 76.1 Å². The van der Waals surface area contributed by atoms with Crippen LogP contribution in [-0.2, 0) is 94.1 Å². The van der Waals surface area contributed by atoms with Crippen molar-refractivity contribution in [3.63, 3.8) is 0 Å². The van der Waals surface area contributed by atoms with Crippen LogP contribution in [-0.4, -0.2) is 217 Å². The van der Waals surface area contributed by atoms with Gasteiger partial charge in [-0.15, -0.1) is 0 Å². The van der Waals surface area contributed by atoms with E-state index in [1.807, 2.05) is 30.3 Å². The SMILES string of the molecule is Cn1cc(NC(=O)c2nccn2C)cc1C(=O)NCCC(=O)Nc1cn(C)c(C(=O)Nc2cc(C(=O)NC3CC(C(=O)Nc4cn(C)c(C(=O)NCCOCCOCCOCCOCCOCCOCCOCCOCCOc5ccc(NC(=O)OCc6ccccc6)cc5)n4)C3)n(C)c2)n1. The van der Waals surface area contributed by atoms with Gasteiger partial charge in [0.15, 0.2) is 17.5 Å². The topological polar surface area (TPSA) is 388 Å². The Morgan fingerprint density at radius 2 is 0.941 bits per heavy atom. The standard InChI is InChI=1S/C67H88N16O18/c1-79-19-17-68-58(79)65(89)72-50-39-53(80(2)41-50)62(86)69-16-15-57(84)75-55-43-83(5)60(76-55)66(90)73-51-40-54(81(3)42-51)63(87)71-49-37-47(38-49)61(85)78-56-44-82(4)59(77-56)64(88)70-18-20-92-21-22-93-23-24-94-25-26-95-27-28-96-29-30-97-31-32-98-33-34-99-35-36-100-52-13-11-48(12-14-52)74-67(91)101-45-46-9-7-6-8-10-46/h6-14,17,19,39-44,47,49H,15-16,18,20-38,45H2,1-5H3,(H,69,86)(H,70,88)(H,71,87)(H,72,89)(H,73,90)(H,74,91)(H,75,84)(H,78,85). The lowest BCUT2D eigenvalue weighted by Crippen LogP contribution is -2.48. The maximum Gasteiger partial charge on any atom is 0.411 e. The fourth-order valence-corrected chi connectivity index (χ4v) is 9.86. The number of aryl methyl sites for hydroxylation is 5. The van der Waals surface area contributed by atoms with Gasteiger partial charge < -0.3 is 107 Å². The van der Waals surface area contributed by atoms with Gasteiger partial charge >= 0.3 is 6.09 Å². The number of hydrogen-bond acceptors (Lipinski definition) is 21. The predicted molar refractivity (Wildman–Crippen MR) is 366 cm³/mol. The summed E-state index contributed by atoms with van der Waals surface area (Å²) in [7, 11) is 8.19. The van der Waals surface area contributed by atoms with E-state index in [2.05, 4.69) is 57.5 Å². The maximum atomic E-state index is 13.3. The third-order valence-corrected chi connectivity index (χ3v) is 15.1. The molecule has 544 valence electrons. The number of amides is 8. The van der Waals surface area contributed by atoms with Crippen LogP contribution in [0.25, 0.3) is 0 Å². The molecule has 7 aromatic rings. The van der Waals surface area contributed by atoms with Gasteiger partial charge in [0.05, 0.1) is 117 Å². The first-order chi connectivity index (χ1) is 49.0. The summed E-state index contributed by atoms with van der Waals surface area (Å²) in [5.74, 6) is -2.34. The molecule has 5 aromatic heterocycles. The molecule has 0 aliphatic heterocycles. The molecule has 0 saturated heterocycles. The molecule has 8 N–H and O–H groups in total. The highest BCUT2D eigenvalue weighted by molar-refractivity contribution is 6.05. The van der Waals surface area contributed by atoms with Gasteiger partial charge in [-0.3, -0.25) is 38.9 Å². The molecule has 0 atom stereocenters. The largest absolute Gasteiger partial charge is 0.491 e. The molecule has 34 nitrogen and oxygen atoms in total. The first-order valence-corrected chi connectivity index (χ1v) is 32.8. The van der Waals surface area contributed by atoms with Gasteiger partial charge in [0.2, 0.25) is 23.5 Å². The zero-order valence-corrected chi connectivity index (χ0v) is 57.2. The van der Waals surface area contributed by atoms with E-state index in [1.165, 1.54) is 44.4 Å². The summed E-state index contributed by atoms with van der Waals surface area (Å²) in [6.45, 7) is 7.07. The Morgan fingerprint density at radius 1 is 0.455 bits per heavy atom. The second kappa shape index (κ2) is 40.7. The normalized spacial score (nSPS) is 13.2. The van der Waals surface area contributed by atoms with Gasteiger partial charge in [-0.2, -0.15) is 0 Å². The third-order valence-electron chi connectivity index (χ3n) is 15.1. The number of benzene rings is 2. The maximum absolute atomic E-state index is 13.3. The molecule has 8 rings (SSSR count). The van der Waals surface area contributed by atoms with Gasteiger partial charge in [-0.05, 0) is 54.8 Å². The van der Waals surface area contributed by atoms with E-state index in [4.69, 9.17) is 47.4 Å². The molecule has 0 radical (unpaired) electrons. The molecule has 0 spiro atoms. The summed E-state index contributed by atoms with van der Waals surface area (Å²) in [4.78, 5) is 116. The highest BCUT2D eigenvalue weighted by Gasteiger charge is 2.36. The van der Waals surface area contributed by atoms with E-state index < -0.39 is 47.5 Å². The number of carbonyl (C=O) groups excluding carboxylic acids is 8.